The van der Waals surface area contributed by atoms with Gasteiger partial charge in [-0.1, -0.05) is 42.0 Å². The van der Waals surface area contributed by atoms with Gasteiger partial charge in [-0.25, -0.2) is 0 Å². The molecule has 1 amide bonds. The van der Waals surface area contributed by atoms with Crippen molar-refractivity contribution in [1.29, 1.82) is 0 Å². The molecule has 0 saturated heterocycles. The Bertz CT molecular complexity index is 620. The molecule has 0 heterocycles. The van der Waals surface area contributed by atoms with Crippen LogP contribution >= 0.6 is 0 Å². The first kappa shape index (κ1) is 14.3. The zero-order valence-corrected chi connectivity index (χ0v) is 11.8. The molecule has 2 aromatic carbocycles. The molecule has 0 aliphatic heterocycles. The summed E-state index contributed by atoms with van der Waals surface area (Å²) in [5.74, 6) is -0.0698. The number of benzene rings is 2. The molecule has 0 aliphatic carbocycles. The monoisotopic (exact) mass is 269 g/mol. The summed E-state index contributed by atoms with van der Waals surface area (Å²) < 4.78 is 0. The molecule has 2 N–H and O–H groups in total. The number of carbonyl (C=O) groups excluding carboxylic acids is 1. The van der Waals surface area contributed by atoms with Gasteiger partial charge < -0.3 is 10.4 Å². The predicted octanol–water partition coefficient (Wildman–Crippen LogP) is 2.98. The fourth-order valence-corrected chi connectivity index (χ4v) is 2.14. The molecule has 0 aromatic heterocycles. The van der Waals surface area contributed by atoms with Crippen molar-refractivity contribution in [3.8, 4) is 0 Å². The van der Waals surface area contributed by atoms with Gasteiger partial charge in [-0.15, -0.1) is 0 Å². The van der Waals surface area contributed by atoms with Gasteiger partial charge in [0.2, 0.25) is 5.91 Å². The van der Waals surface area contributed by atoms with E-state index in [1.165, 1.54) is 0 Å². The highest BCUT2D eigenvalue weighted by Gasteiger charge is 2.08. The smallest absolute Gasteiger partial charge is 0.228 e. The maximum atomic E-state index is 12.1. The van der Waals surface area contributed by atoms with Crippen LogP contribution in [0.1, 0.15) is 22.3 Å². The first-order chi connectivity index (χ1) is 9.60. The highest BCUT2D eigenvalue weighted by Crippen LogP contribution is 2.16. The molecule has 0 atom stereocenters. The standard InChI is InChI=1S/C17H19NO2/c1-12-7-8-13(2)15(9-12)10-17(20)18-16-6-4-3-5-14(16)11-19/h3-9,19H,10-11H2,1-2H3,(H,18,20). The number of para-hydroxylation sites is 1. The van der Waals surface area contributed by atoms with E-state index in [0.29, 0.717) is 12.1 Å². The molecule has 104 valence electrons. The van der Waals surface area contributed by atoms with Crippen LogP contribution in [0.4, 0.5) is 5.69 Å². The van der Waals surface area contributed by atoms with Gasteiger partial charge in [-0.2, -0.15) is 0 Å². The van der Waals surface area contributed by atoms with Gasteiger partial charge in [0.15, 0.2) is 0 Å². The molecule has 0 aliphatic rings. The number of aliphatic hydroxyl groups is 1. The molecule has 0 saturated carbocycles. The van der Waals surface area contributed by atoms with Crippen LogP contribution in [0.25, 0.3) is 0 Å². The Labute approximate surface area is 119 Å². The molecule has 0 radical (unpaired) electrons. The number of aliphatic hydroxyl groups excluding tert-OH is 1. The zero-order chi connectivity index (χ0) is 14.5. The Morgan fingerprint density at radius 1 is 1.10 bits per heavy atom. The number of rotatable bonds is 4. The van der Waals surface area contributed by atoms with E-state index in [1.54, 1.807) is 12.1 Å². The predicted molar refractivity (Wildman–Crippen MR) is 80.6 cm³/mol. The quantitative estimate of drug-likeness (QED) is 0.896. The third-order valence-electron chi connectivity index (χ3n) is 3.32. The molecule has 2 rings (SSSR count). The van der Waals surface area contributed by atoms with Gasteiger partial charge in [-0.3, -0.25) is 4.79 Å². The number of hydrogen-bond acceptors (Lipinski definition) is 2. The zero-order valence-electron chi connectivity index (χ0n) is 11.8. The van der Waals surface area contributed by atoms with Crippen LogP contribution in [0.3, 0.4) is 0 Å². The van der Waals surface area contributed by atoms with E-state index in [9.17, 15) is 9.90 Å². The summed E-state index contributed by atoms with van der Waals surface area (Å²) in [6.45, 7) is 3.94. The third kappa shape index (κ3) is 3.45. The van der Waals surface area contributed by atoms with E-state index in [4.69, 9.17) is 0 Å². The average molecular weight is 269 g/mol. The Morgan fingerprint density at radius 3 is 2.60 bits per heavy atom. The van der Waals surface area contributed by atoms with Gasteiger partial charge in [0.1, 0.15) is 0 Å². The van der Waals surface area contributed by atoms with Crippen LogP contribution in [0.5, 0.6) is 0 Å². The van der Waals surface area contributed by atoms with Crippen LogP contribution in [-0.2, 0) is 17.8 Å². The van der Waals surface area contributed by atoms with Gasteiger partial charge >= 0.3 is 0 Å². The fourth-order valence-electron chi connectivity index (χ4n) is 2.14. The minimum absolute atomic E-state index is 0.0698. The van der Waals surface area contributed by atoms with Crippen molar-refractivity contribution in [1.82, 2.24) is 0 Å². The van der Waals surface area contributed by atoms with Gasteiger partial charge in [0.05, 0.1) is 13.0 Å². The lowest BCUT2D eigenvalue weighted by Crippen LogP contribution is -2.16. The van der Waals surface area contributed by atoms with Crippen molar-refractivity contribution in [2.45, 2.75) is 26.9 Å². The second-order valence-corrected chi connectivity index (χ2v) is 4.97. The number of carbonyl (C=O) groups is 1. The number of nitrogens with one attached hydrogen (secondary N) is 1. The molecule has 0 fully saturated rings. The number of aryl methyl sites for hydroxylation is 2. The van der Waals surface area contributed by atoms with Crippen molar-refractivity contribution in [2.75, 3.05) is 5.32 Å². The Hall–Kier alpha value is -2.13. The molecule has 0 spiro atoms. The maximum absolute atomic E-state index is 12.1. The number of amides is 1. The van der Waals surface area contributed by atoms with E-state index >= 15 is 0 Å². The minimum Gasteiger partial charge on any atom is -0.392 e. The Morgan fingerprint density at radius 2 is 1.85 bits per heavy atom. The second-order valence-electron chi connectivity index (χ2n) is 4.97. The summed E-state index contributed by atoms with van der Waals surface area (Å²) in [7, 11) is 0. The fraction of sp³-hybridized carbons (Fsp3) is 0.235. The van der Waals surface area contributed by atoms with Crippen molar-refractivity contribution in [3.05, 3.63) is 64.7 Å². The van der Waals surface area contributed by atoms with Gasteiger partial charge in [0.25, 0.3) is 0 Å². The second kappa shape index (κ2) is 6.35. The average Bonchev–Trinajstić information content (AvgIpc) is 2.43. The molecular formula is C17H19NO2. The van der Waals surface area contributed by atoms with Crippen LogP contribution < -0.4 is 5.32 Å². The summed E-state index contributed by atoms with van der Waals surface area (Å²) in [5.41, 5.74) is 4.69. The van der Waals surface area contributed by atoms with E-state index in [-0.39, 0.29) is 12.5 Å². The van der Waals surface area contributed by atoms with Crippen molar-refractivity contribution in [2.24, 2.45) is 0 Å². The minimum atomic E-state index is -0.0834. The maximum Gasteiger partial charge on any atom is 0.228 e. The summed E-state index contributed by atoms with van der Waals surface area (Å²) in [6.07, 6.45) is 0.341. The lowest BCUT2D eigenvalue weighted by atomic mass is 10.0. The van der Waals surface area contributed by atoms with Crippen molar-refractivity contribution in [3.63, 3.8) is 0 Å². The topological polar surface area (TPSA) is 49.3 Å². The summed E-state index contributed by atoms with van der Waals surface area (Å²) >= 11 is 0. The molecule has 0 bridgehead atoms. The van der Waals surface area contributed by atoms with E-state index in [1.807, 2.05) is 44.2 Å². The van der Waals surface area contributed by atoms with Gasteiger partial charge in [-0.05, 0) is 31.0 Å². The number of anilines is 1. The van der Waals surface area contributed by atoms with Crippen LogP contribution in [0.2, 0.25) is 0 Å². The molecule has 0 unspecified atom stereocenters. The molecule has 20 heavy (non-hydrogen) atoms. The van der Waals surface area contributed by atoms with E-state index in [0.717, 1.165) is 22.3 Å². The first-order valence-electron chi connectivity index (χ1n) is 6.65. The highest BCUT2D eigenvalue weighted by atomic mass is 16.3. The van der Waals surface area contributed by atoms with Crippen LogP contribution in [0.15, 0.2) is 42.5 Å². The largest absolute Gasteiger partial charge is 0.392 e. The SMILES string of the molecule is Cc1ccc(C)c(CC(=O)Nc2ccccc2CO)c1. The summed E-state index contributed by atoms with van der Waals surface area (Å²) in [4.78, 5) is 12.1. The summed E-state index contributed by atoms with van der Waals surface area (Å²) in [6, 6.07) is 13.4. The lowest BCUT2D eigenvalue weighted by Gasteiger charge is -2.11. The molecule has 2 aromatic rings. The van der Waals surface area contributed by atoms with Crippen molar-refractivity contribution >= 4 is 11.6 Å². The van der Waals surface area contributed by atoms with E-state index in [2.05, 4.69) is 5.32 Å². The summed E-state index contributed by atoms with van der Waals surface area (Å²) in [5, 5.41) is 12.1. The lowest BCUT2D eigenvalue weighted by molar-refractivity contribution is -0.115. The molecule has 3 nitrogen and oxygen atoms in total. The van der Waals surface area contributed by atoms with Gasteiger partial charge in [0, 0.05) is 11.3 Å². The van der Waals surface area contributed by atoms with Crippen LogP contribution in [0, 0.1) is 13.8 Å². The molecular weight excluding hydrogens is 250 g/mol. The first-order valence-corrected chi connectivity index (χ1v) is 6.65. The normalized spacial score (nSPS) is 10.3. The Kier molecular flexibility index (Phi) is 4.53. The van der Waals surface area contributed by atoms with Crippen LogP contribution in [-0.4, -0.2) is 11.0 Å². The van der Waals surface area contributed by atoms with Crippen molar-refractivity contribution < 1.29 is 9.90 Å². The molecule has 3 heteroatoms. The Balaban J connectivity index is 2.11. The highest BCUT2D eigenvalue weighted by molar-refractivity contribution is 5.93. The number of hydrogen-bond donors (Lipinski definition) is 2. The third-order valence-corrected chi connectivity index (χ3v) is 3.32. The van der Waals surface area contributed by atoms with E-state index < -0.39 is 0 Å².